The van der Waals surface area contributed by atoms with Crippen LogP contribution in [0.3, 0.4) is 0 Å². The van der Waals surface area contributed by atoms with E-state index in [1.54, 1.807) is 0 Å². The summed E-state index contributed by atoms with van der Waals surface area (Å²) in [7, 11) is 0. The van der Waals surface area contributed by atoms with E-state index >= 15 is 0 Å². The third kappa shape index (κ3) is 2.47. The first kappa shape index (κ1) is 13.6. The Hall–Kier alpha value is -1.35. The van der Waals surface area contributed by atoms with Crippen LogP contribution in [-0.4, -0.2) is 22.9 Å². The molecule has 1 aromatic rings. The summed E-state index contributed by atoms with van der Waals surface area (Å²) < 4.78 is 0. The standard InChI is InChI=1S/C17H24N2O/c1-3-7-15-17(20)19(12(2)13-10-11-13)16(18-15)14-8-5-4-6-9-14/h4-6,8-9,12-13,15-16,18H,3,7,10-11H2,1-2H3. The fourth-order valence-corrected chi connectivity index (χ4v) is 3.28. The number of hydrogen-bond donors (Lipinski definition) is 1. The summed E-state index contributed by atoms with van der Waals surface area (Å²) in [5, 5.41) is 3.55. The number of amides is 1. The molecule has 0 aromatic heterocycles. The Morgan fingerprint density at radius 1 is 1.30 bits per heavy atom. The first-order chi connectivity index (χ1) is 9.72. The quantitative estimate of drug-likeness (QED) is 0.893. The monoisotopic (exact) mass is 272 g/mol. The van der Waals surface area contributed by atoms with Gasteiger partial charge in [0.25, 0.3) is 0 Å². The van der Waals surface area contributed by atoms with Crippen molar-refractivity contribution in [2.75, 3.05) is 0 Å². The van der Waals surface area contributed by atoms with Crippen LogP contribution in [0.15, 0.2) is 30.3 Å². The molecule has 1 aromatic carbocycles. The molecule has 3 rings (SSSR count). The number of nitrogens with one attached hydrogen (secondary N) is 1. The fourth-order valence-electron chi connectivity index (χ4n) is 3.28. The average Bonchev–Trinajstić information content (AvgIpc) is 3.26. The minimum atomic E-state index is -0.00796. The van der Waals surface area contributed by atoms with E-state index in [-0.39, 0.29) is 12.2 Å². The van der Waals surface area contributed by atoms with Crippen molar-refractivity contribution < 1.29 is 4.79 Å². The van der Waals surface area contributed by atoms with Crippen LogP contribution < -0.4 is 5.32 Å². The van der Waals surface area contributed by atoms with Crippen molar-refractivity contribution in [3.63, 3.8) is 0 Å². The van der Waals surface area contributed by atoms with Crippen LogP contribution in [0.25, 0.3) is 0 Å². The molecule has 1 aliphatic carbocycles. The van der Waals surface area contributed by atoms with Gasteiger partial charge in [0.1, 0.15) is 6.17 Å². The van der Waals surface area contributed by atoms with Gasteiger partial charge in [0.15, 0.2) is 0 Å². The van der Waals surface area contributed by atoms with Gasteiger partial charge in [0.2, 0.25) is 5.91 Å². The minimum absolute atomic E-state index is 0.00796. The van der Waals surface area contributed by atoms with Gasteiger partial charge in [-0.1, -0.05) is 43.7 Å². The SMILES string of the molecule is CCCC1NC(c2ccccc2)N(C(C)C2CC2)C1=O. The first-order valence-corrected chi connectivity index (χ1v) is 7.85. The highest BCUT2D eigenvalue weighted by molar-refractivity contribution is 5.85. The molecule has 3 unspecified atom stereocenters. The number of hydrogen-bond acceptors (Lipinski definition) is 2. The molecule has 0 spiro atoms. The molecule has 2 aliphatic rings. The number of benzene rings is 1. The molecule has 1 heterocycles. The summed E-state index contributed by atoms with van der Waals surface area (Å²) >= 11 is 0. The maximum atomic E-state index is 12.7. The summed E-state index contributed by atoms with van der Waals surface area (Å²) in [6.45, 7) is 4.35. The highest BCUT2D eigenvalue weighted by Crippen LogP contribution is 2.40. The number of nitrogens with zero attached hydrogens (tertiary/aromatic N) is 1. The predicted octanol–water partition coefficient (Wildman–Crippen LogP) is 3.08. The zero-order valence-corrected chi connectivity index (χ0v) is 12.4. The van der Waals surface area contributed by atoms with E-state index in [4.69, 9.17) is 0 Å². The lowest BCUT2D eigenvalue weighted by molar-refractivity contribution is -0.132. The van der Waals surface area contributed by atoms with E-state index in [0.717, 1.165) is 12.8 Å². The van der Waals surface area contributed by atoms with E-state index < -0.39 is 0 Å². The Balaban J connectivity index is 1.87. The van der Waals surface area contributed by atoms with E-state index in [1.807, 2.05) is 6.07 Å². The molecule has 1 saturated carbocycles. The second kappa shape index (κ2) is 5.57. The van der Waals surface area contributed by atoms with Crippen molar-refractivity contribution in [3.05, 3.63) is 35.9 Å². The van der Waals surface area contributed by atoms with E-state index in [0.29, 0.717) is 17.9 Å². The third-order valence-electron chi connectivity index (χ3n) is 4.63. The molecule has 0 bridgehead atoms. The molecular formula is C17H24N2O. The van der Waals surface area contributed by atoms with Crippen LogP contribution in [0.1, 0.15) is 51.3 Å². The van der Waals surface area contributed by atoms with Crippen LogP contribution in [0.2, 0.25) is 0 Å². The number of carbonyl (C=O) groups is 1. The fraction of sp³-hybridized carbons (Fsp3) is 0.588. The van der Waals surface area contributed by atoms with Crippen LogP contribution in [-0.2, 0) is 4.79 Å². The van der Waals surface area contributed by atoms with Gasteiger partial charge in [-0.25, -0.2) is 0 Å². The average molecular weight is 272 g/mol. The highest BCUT2D eigenvalue weighted by Gasteiger charge is 2.45. The smallest absolute Gasteiger partial charge is 0.241 e. The molecule has 108 valence electrons. The molecule has 1 saturated heterocycles. The van der Waals surface area contributed by atoms with E-state index in [2.05, 4.69) is 48.3 Å². The number of rotatable bonds is 5. The van der Waals surface area contributed by atoms with Gasteiger partial charge in [-0.2, -0.15) is 0 Å². The third-order valence-corrected chi connectivity index (χ3v) is 4.63. The molecule has 1 amide bonds. The van der Waals surface area contributed by atoms with Crippen molar-refractivity contribution in [2.24, 2.45) is 5.92 Å². The Bertz CT molecular complexity index is 469. The highest BCUT2D eigenvalue weighted by atomic mass is 16.2. The molecule has 1 N–H and O–H groups in total. The van der Waals surface area contributed by atoms with Crippen molar-refractivity contribution in [2.45, 2.75) is 57.8 Å². The molecular weight excluding hydrogens is 248 g/mol. The summed E-state index contributed by atoms with van der Waals surface area (Å²) in [5.74, 6) is 0.993. The normalized spacial score (nSPS) is 27.9. The molecule has 20 heavy (non-hydrogen) atoms. The Morgan fingerprint density at radius 2 is 2.00 bits per heavy atom. The zero-order chi connectivity index (χ0) is 14.1. The van der Waals surface area contributed by atoms with Crippen LogP contribution >= 0.6 is 0 Å². The predicted molar refractivity (Wildman–Crippen MR) is 80.0 cm³/mol. The first-order valence-electron chi connectivity index (χ1n) is 7.85. The Morgan fingerprint density at radius 3 is 2.60 bits per heavy atom. The van der Waals surface area contributed by atoms with Gasteiger partial charge in [0.05, 0.1) is 6.04 Å². The summed E-state index contributed by atoms with van der Waals surface area (Å²) in [6, 6.07) is 10.7. The van der Waals surface area contributed by atoms with Gasteiger partial charge in [-0.15, -0.1) is 0 Å². The van der Waals surface area contributed by atoms with Crippen molar-refractivity contribution in [1.82, 2.24) is 10.2 Å². The van der Waals surface area contributed by atoms with Gasteiger partial charge >= 0.3 is 0 Å². The zero-order valence-electron chi connectivity index (χ0n) is 12.4. The Labute approximate surface area is 121 Å². The second-order valence-electron chi connectivity index (χ2n) is 6.14. The Kier molecular flexibility index (Phi) is 3.79. The minimum Gasteiger partial charge on any atom is -0.319 e. The maximum Gasteiger partial charge on any atom is 0.241 e. The molecule has 1 aliphatic heterocycles. The van der Waals surface area contributed by atoms with Gasteiger partial charge < -0.3 is 4.90 Å². The van der Waals surface area contributed by atoms with Crippen LogP contribution in [0.5, 0.6) is 0 Å². The largest absolute Gasteiger partial charge is 0.319 e. The van der Waals surface area contributed by atoms with Crippen molar-refractivity contribution >= 4 is 5.91 Å². The molecule has 3 atom stereocenters. The summed E-state index contributed by atoms with van der Waals surface area (Å²) in [6.07, 6.45) is 4.55. The summed E-state index contributed by atoms with van der Waals surface area (Å²) in [4.78, 5) is 14.8. The summed E-state index contributed by atoms with van der Waals surface area (Å²) in [5.41, 5.74) is 1.20. The van der Waals surface area contributed by atoms with Gasteiger partial charge in [0, 0.05) is 6.04 Å². The molecule has 2 fully saturated rings. The van der Waals surface area contributed by atoms with Crippen LogP contribution in [0, 0.1) is 5.92 Å². The van der Waals surface area contributed by atoms with Crippen molar-refractivity contribution in [1.29, 1.82) is 0 Å². The lowest BCUT2D eigenvalue weighted by Gasteiger charge is -2.30. The maximum absolute atomic E-state index is 12.7. The molecule has 0 radical (unpaired) electrons. The molecule has 3 heteroatoms. The van der Waals surface area contributed by atoms with Crippen molar-refractivity contribution in [3.8, 4) is 0 Å². The second-order valence-corrected chi connectivity index (χ2v) is 6.14. The van der Waals surface area contributed by atoms with E-state index in [9.17, 15) is 4.79 Å². The lowest BCUT2D eigenvalue weighted by atomic mass is 10.1. The van der Waals surface area contributed by atoms with Gasteiger partial charge in [-0.05, 0) is 37.7 Å². The van der Waals surface area contributed by atoms with Crippen LogP contribution in [0.4, 0.5) is 0 Å². The van der Waals surface area contributed by atoms with E-state index in [1.165, 1.54) is 18.4 Å². The molecule has 3 nitrogen and oxygen atoms in total. The number of carbonyl (C=O) groups excluding carboxylic acids is 1. The lowest BCUT2D eigenvalue weighted by Crippen LogP contribution is -2.39. The van der Waals surface area contributed by atoms with Gasteiger partial charge in [-0.3, -0.25) is 10.1 Å². The topological polar surface area (TPSA) is 32.3 Å².